The van der Waals surface area contributed by atoms with Crippen LogP contribution in [-0.2, 0) is 0 Å². The zero-order valence-electron chi connectivity index (χ0n) is 10.5. The van der Waals surface area contributed by atoms with Crippen LogP contribution in [-0.4, -0.2) is 15.8 Å². The van der Waals surface area contributed by atoms with E-state index in [1.165, 1.54) is 30.3 Å². The van der Waals surface area contributed by atoms with Crippen LogP contribution in [0.25, 0.3) is 0 Å². The number of carbonyl (C=O) groups excluding carboxylic acids is 1. The van der Waals surface area contributed by atoms with Gasteiger partial charge < -0.3 is 5.32 Å². The predicted octanol–water partition coefficient (Wildman–Crippen LogP) is 2.69. The van der Waals surface area contributed by atoms with Gasteiger partial charge in [0.25, 0.3) is 11.6 Å². The van der Waals surface area contributed by atoms with Crippen molar-refractivity contribution in [1.82, 2.24) is 4.98 Å². The summed E-state index contributed by atoms with van der Waals surface area (Å²) in [6.45, 7) is 1.55. The van der Waals surface area contributed by atoms with E-state index in [0.717, 1.165) is 6.20 Å². The number of hydrogen-bond donors (Lipinski definition) is 1. The van der Waals surface area contributed by atoms with Crippen LogP contribution in [0.15, 0.2) is 36.5 Å². The molecule has 7 heteroatoms. The van der Waals surface area contributed by atoms with Crippen LogP contribution in [0.3, 0.4) is 0 Å². The second kappa shape index (κ2) is 5.43. The molecule has 0 aliphatic rings. The minimum absolute atomic E-state index is 0.121. The van der Waals surface area contributed by atoms with Crippen molar-refractivity contribution in [2.24, 2.45) is 0 Å². The molecule has 0 saturated carbocycles. The number of hydrogen-bond acceptors (Lipinski definition) is 4. The van der Waals surface area contributed by atoms with Crippen LogP contribution in [0, 0.1) is 22.9 Å². The Morgan fingerprint density at radius 3 is 2.55 bits per heavy atom. The molecule has 2 aromatic rings. The van der Waals surface area contributed by atoms with Gasteiger partial charge >= 0.3 is 0 Å². The highest BCUT2D eigenvalue weighted by Gasteiger charge is 2.13. The summed E-state index contributed by atoms with van der Waals surface area (Å²) in [6.07, 6.45) is 1.08. The number of nitrogens with zero attached hydrogens (tertiary/aromatic N) is 2. The molecule has 1 aromatic heterocycles. The van der Waals surface area contributed by atoms with E-state index in [4.69, 9.17) is 0 Å². The smallest absolute Gasteiger partial charge is 0.290 e. The number of halogens is 1. The number of nitro groups is 1. The summed E-state index contributed by atoms with van der Waals surface area (Å²) in [4.78, 5) is 25.7. The van der Waals surface area contributed by atoms with Crippen LogP contribution < -0.4 is 5.32 Å². The lowest BCUT2D eigenvalue weighted by molar-refractivity contribution is -0.385. The molecule has 20 heavy (non-hydrogen) atoms. The lowest BCUT2D eigenvalue weighted by Gasteiger charge is -2.05. The molecule has 0 spiro atoms. The van der Waals surface area contributed by atoms with Gasteiger partial charge in [-0.2, -0.15) is 0 Å². The third-order valence-electron chi connectivity index (χ3n) is 2.63. The maximum atomic E-state index is 12.7. The summed E-state index contributed by atoms with van der Waals surface area (Å²) >= 11 is 0. The molecule has 1 aromatic carbocycles. The summed E-state index contributed by atoms with van der Waals surface area (Å²) in [5.74, 6) is -0.709. The third kappa shape index (κ3) is 2.94. The molecule has 0 bridgehead atoms. The third-order valence-corrected chi connectivity index (χ3v) is 2.63. The first-order valence-electron chi connectivity index (χ1n) is 5.65. The Labute approximate surface area is 113 Å². The Bertz CT molecular complexity index is 671. The SMILES string of the molecule is Cc1cc(NC(=O)c2ccc(F)cc2)ncc1[N+](=O)[O-]. The van der Waals surface area contributed by atoms with Gasteiger partial charge in [-0.15, -0.1) is 0 Å². The number of aromatic nitrogens is 1. The molecule has 0 aliphatic carbocycles. The van der Waals surface area contributed by atoms with Crippen molar-refractivity contribution in [3.8, 4) is 0 Å². The maximum Gasteiger partial charge on any atom is 0.290 e. The summed E-state index contributed by atoms with van der Waals surface area (Å²) < 4.78 is 12.7. The Hall–Kier alpha value is -2.83. The molecular weight excluding hydrogens is 265 g/mol. The average molecular weight is 275 g/mol. The van der Waals surface area contributed by atoms with Crippen LogP contribution in [0.4, 0.5) is 15.9 Å². The number of anilines is 1. The molecule has 0 atom stereocenters. The number of aryl methyl sites for hydroxylation is 1. The second-order valence-corrected chi connectivity index (χ2v) is 4.07. The second-order valence-electron chi connectivity index (χ2n) is 4.07. The largest absolute Gasteiger partial charge is 0.307 e. The summed E-state index contributed by atoms with van der Waals surface area (Å²) in [6, 6.07) is 6.41. The van der Waals surface area contributed by atoms with Gasteiger partial charge in [0.1, 0.15) is 17.8 Å². The lowest BCUT2D eigenvalue weighted by Crippen LogP contribution is -2.13. The Morgan fingerprint density at radius 2 is 2.00 bits per heavy atom. The number of benzene rings is 1. The average Bonchev–Trinajstić information content (AvgIpc) is 2.39. The van der Waals surface area contributed by atoms with Crippen molar-refractivity contribution in [3.63, 3.8) is 0 Å². The number of nitrogens with one attached hydrogen (secondary N) is 1. The molecule has 0 unspecified atom stereocenters. The zero-order valence-corrected chi connectivity index (χ0v) is 10.5. The van der Waals surface area contributed by atoms with E-state index < -0.39 is 16.6 Å². The minimum Gasteiger partial charge on any atom is -0.307 e. The minimum atomic E-state index is -0.548. The van der Waals surface area contributed by atoms with Crippen molar-refractivity contribution in [3.05, 3.63) is 63.6 Å². The van der Waals surface area contributed by atoms with Crippen LogP contribution in [0.2, 0.25) is 0 Å². The van der Waals surface area contributed by atoms with Gasteiger partial charge in [-0.25, -0.2) is 9.37 Å². The zero-order chi connectivity index (χ0) is 14.7. The molecule has 0 radical (unpaired) electrons. The van der Waals surface area contributed by atoms with E-state index in [-0.39, 0.29) is 17.1 Å². The maximum absolute atomic E-state index is 12.7. The predicted molar refractivity (Wildman–Crippen MR) is 70.0 cm³/mol. The highest BCUT2D eigenvalue weighted by molar-refractivity contribution is 6.03. The Balaban J connectivity index is 2.18. The molecular formula is C13H10FN3O3. The van der Waals surface area contributed by atoms with E-state index in [2.05, 4.69) is 10.3 Å². The molecule has 1 N–H and O–H groups in total. The van der Waals surface area contributed by atoms with Crippen molar-refractivity contribution in [2.75, 3.05) is 5.32 Å². The van der Waals surface area contributed by atoms with Crippen molar-refractivity contribution >= 4 is 17.4 Å². The molecule has 2 rings (SSSR count). The lowest BCUT2D eigenvalue weighted by atomic mass is 10.2. The van der Waals surface area contributed by atoms with E-state index in [0.29, 0.717) is 5.56 Å². The standard InChI is InChI=1S/C13H10FN3O3/c1-8-6-12(15-7-11(8)17(19)20)16-13(18)9-2-4-10(14)5-3-9/h2-7H,1H3,(H,15,16,18). The molecule has 102 valence electrons. The first-order chi connectivity index (χ1) is 9.47. The van der Waals surface area contributed by atoms with Gasteiger partial charge in [0.2, 0.25) is 0 Å². The molecule has 6 nitrogen and oxygen atoms in total. The van der Waals surface area contributed by atoms with E-state index in [9.17, 15) is 19.3 Å². The van der Waals surface area contributed by atoms with Gasteiger partial charge in [0.05, 0.1) is 4.92 Å². The normalized spacial score (nSPS) is 10.1. The van der Waals surface area contributed by atoms with Gasteiger partial charge in [-0.1, -0.05) is 0 Å². The van der Waals surface area contributed by atoms with E-state index in [1.807, 2.05) is 0 Å². The molecule has 1 amide bonds. The first-order valence-corrected chi connectivity index (χ1v) is 5.65. The Morgan fingerprint density at radius 1 is 1.35 bits per heavy atom. The van der Waals surface area contributed by atoms with Crippen molar-refractivity contribution < 1.29 is 14.1 Å². The van der Waals surface area contributed by atoms with Gasteiger partial charge in [0.15, 0.2) is 0 Å². The van der Waals surface area contributed by atoms with E-state index >= 15 is 0 Å². The van der Waals surface area contributed by atoms with Crippen molar-refractivity contribution in [1.29, 1.82) is 0 Å². The molecule has 0 aliphatic heterocycles. The monoisotopic (exact) mass is 275 g/mol. The van der Waals surface area contributed by atoms with Crippen LogP contribution >= 0.6 is 0 Å². The summed E-state index contributed by atoms with van der Waals surface area (Å²) in [5, 5.41) is 13.1. The van der Waals surface area contributed by atoms with E-state index in [1.54, 1.807) is 6.92 Å². The fourth-order valence-electron chi connectivity index (χ4n) is 1.60. The fourth-order valence-corrected chi connectivity index (χ4v) is 1.60. The topological polar surface area (TPSA) is 85.1 Å². The number of pyridine rings is 1. The quantitative estimate of drug-likeness (QED) is 0.689. The van der Waals surface area contributed by atoms with Crippen LogP contribution in [0.5, 0.6) is 0 Å². The number of rotatable bonds is 3. The molecule has 0 fully saturated rings. The van der Waals surface area contributed by atoms with Gasteiger partial charge in [-0.3, -0.25) is 14.9 Å². The Kier molecular flexibility index (Phi) is 3.69. The summed E-state index contributed by atoms with van der Waals surface area (Å²) in [7, 11) is 0. The fraction of sp³-hybridized carbons (Fsp3) is 0.0769. The van der Waals surface area contributed by atoms with Gasteiger partial charge in [0, 0.05) is 11.1 Å². The molecule has 1 heterocycles. The van der Waals surface area contributed by atoms with Crippen molar-refractivity contribution in [2.45, 2.75) is 6.92 Å². The van der Waals surface area contributed by atoms with Crippen LogP contribution in [0.1, 0.15) is 15.9 Å². The summed E-state index contributed by atoms with van der Waals surface area (Å²) in [5.41, 5.74) is 0.536. The number of amides is 1. The number of carbonyl (C=O) groups is 1. The van der Waals surface area contributed by atoms with Gasteiger partial charge in [-0.05, 0) is 37.3 Å². The molecule has 0 saturated heterocycles. The first kappa shape index (κ1) is 13.6. The highest BCUT2D eigenvalue weighted by Crippen LogP contribution is 2.19. The highest BCUT2D eigenvalue weighted by atomic mass is 19.1.